The average molecular weight is 614 g/mol. The van der Waals surface area contributed by atoms with E-state index in [1.807, 2.05) is 20.0 Å². The summed E-state index contributed by atoms with van der Waals surface area (Å²) in [6, 6.07) is 13.1. The summed E-state index contributed by atoms with van der Waals surface area (Å²) in [5.74, 6) is -0.584. The highest BCUT2D eigenvalue weighted by Crippen LogP contribution is 2.32. The largest absolute Gasteiger partial charge is 0.334 e. The van der Waals surface area contributed by atoms with Crippen molar-refractivity contribution >= 4 is 33.4 Å². The molecule has 0 N–H and O–H groups in total. The van der Waals surface area contributed by atoms with Crippen LogP contribution in [-0.4, -0.2) is 48.2 Å². The van der Waals surface area contributed by atoms with Gasteiger partial charge in [-0.3, -0.25) is 9.59 Å². The number of rotatable bonds is 5. The number of piperidine rings is 1. The van der Waals surface area contributed by atoms with E-state index in [4.69, 9.17) is 11.6 Å². The molecule has 3 atom stereocenters. The molecule has 2 unspecified atom stereocenters. The zero-order valence-corrected chi connectivity index (χ0v) is 24.0. The summed E-state index contributed by atoms with van der Waals surface area (Å²) in [6.45, 7) is 6.19. The molecule has 202 valence electrons. The van der Waals surface area contributed by atoms with Gasteiger partial charge in [-0.05, 0) is 91.5 Å². The zero-order chi connectivity index (χ0) is 27.8. The molecule has 2 aromatic carbocycles. The lowest BCUT2D eigenvalue weighted by Gasteiger charge is -2.36. The lowest BCUT2D eigenvalue weighted by atomic mass is 9.89. The number of hydrogen-bond donors (Lipinski definition) is 0. The van der Waals surface area contributed by atoms with Gasteiger partial charge in [0.15, 0.2) is 5.69 Å². The Morgan fingerprint density at radius 2 is 1.92 bits per heavy atom. The molecule has 1 fully saturated rings. The number of carbonyl (C=O) groups is 1. The number of hydrogen-bond acceptors (Lipinski definition) is 5. The molecule has 0 radical (unpaired) electrons. The molecule has 0 spiro atoms. The van der Waals surface area contributed by atoms with Crippen LogP contribution in [-0.2, 0) is 0 Å². The van der Waals surface area contributed by atoms with Crippen molar-refractivity contribution in [3.63, 3.8) is 0 Å². The minimum absolute atomic E-state index is 0.105. The van der Waals surface area contributed by atoms with Crippen LogP contribution in [0.2, 0.25) is 5.02 Å². The van der Waals surface area contributed by atoms with Crippen molar-refractivity contribution in [2.45, 2.75) is 51.6 Å². The van der Waals surface area contributed by atoms with Crippen LogP contribution in [0.25, 0.3) is 5.69 Å². The molecule has 4 aromatic rings. The van der Waals surface area contributed by atoms with Crippen molar-refractivity contribution in [1.82, 2.24) is 29.7 Å². The van der Waals surface area contributed by atoms with Crippen LogP contribution < -0.4 is 5.43 Å². The van der Waals surface area contributed by atoms with Crippen molar-refractivity contribution in [2.75, 3.05) is 6.54 Å². The third-order valence-electron chi connectivity index (χ3n) is 7.29. The third kappa shape index (κ3) is 5.53. The first-order valence-electron chi connectivity index (χ1n) is 12.7. The van der Waals surface area contributed by atoms with Crippen LogP contribution in [0.15, 0.2) is 64.0 Å². The van der Waals surface area contributed by atoms with Crippen LogP contribution in [0.3, 0.4) is 0 Å². The Hall–Kier alpha value is -3.37. The summed E-state index contributed by atoms with van der Waals surface area (Å²) in [5.41, 5.74) is 2.58. The molecule has 0 aliphatic carbocycles. The van der Waals surface area contributed by atoms with E-state index in [0.29, 0.717) is 40.3 Å². The van der Waals surface area contributed by atoms with E-state index >= 15 is 0 Å². The maximum absolute atomic E-state index is 13.7. The molecule has 5 rings (SSSR count). The number of benzene rings is 2. The standard InChI is InChI=1S/C28H27BrClFN6O2/c1-16-12-20(25-15-36(34-32-25)18(3)19-4-9-24(31)23(29)14-19)10-11-35(16)28(39)27-26(38)13-17(2)37(33-27)22-7-5-21(30)6-8-22/h4-9,13-16,18,20H,10-12H2,1-3H3/t16?,18-,20?/m0/s1. The lowest BCUT2D eigenvalue weighted by Crippen LogP contribution is -2.46. The van der Waals surface area contributed by atoms with Crippen LogP contribution in [0.4, 0.5) is 4.39 Å². The molecule has 1 aliphatic rings. The first-order chi connectivity index (χ1) is 18.6. The molecule has 0 bridgehead atoms. The third-order valence-corrected chi connectivity index (χ3v) is 8.15. The molecule has 1 amide bonds. The van der Waals surface area contributed by atoms with E-state index in [2.05, 4.69) is 31.3 Å². The topological polar surface area (TPSA) is 85.9 Å². The average Bonchev–Trinajstić information content (AvgIpc) is 3.41. The van der Waals surface area contributed by atoms with Gasteiger partial charge >= 0.3 is 0 Å². The molecule has 1 saturated heterocycles. The van der Waals surface area contributed by atoms with Gasteiger partial charge in [-0.15, -0.1) is 5.10 Å². The van der Waals surface area contributed by atoms with Gasteiger partial charge in [0.2, 0.25) is 5.43 Å². The minimum Gasteiger partial charge on any atom is -0.334 e. The van der Waals surface area contributed by atoms with E-state index in [-0.39, 0.29) is 35.4 Å². The maximum Gasteiger partial charge on any atom is 0.278 e. The van der Waals surface area contributed by atoms with Gasteiger partial charge in [0.25, 0.3) is 5.91 Å². The second-order valence-electron chi connectivity index (χ2n) is 9.93. The Bertz CT molecular complexity index is 1590. The van der Waals surface area contributed by atoms with E-state index in [9.17, 15) is 14.0 Å². The number of likely N-dealkylation sites (tertiary alicyclic amines) is 1. The fourth-order valence-electron chi connectivity index (χ4n) is 5.01. The quantitative estimate of drug-likeness (QED) is 0.288. The Labute approximate surface area is 238 Å². The summed E-state index contributed by atoms with van der Waals surface area (Å²) in [6.07, 6.45) is 3.28. The Balaban J connectivity index is 1.31. The number of carbonyl (C=O) groups excluding carboxylic acids is 1. The summed E-state index contributed by atoms with van der Waals surface area (Å²) < 4.78 is 17.4. The van der Waals surface area contributed by atoms with Gasteiger partial charge in [-0.25, -0.2) is 13.8 Å². The molecule has 8 nitrogen and oxygen atoms in total. The van der Waals surface area contributed by atoms with Crippen molar-refractivity contribution < 1.29 is 9.18 Å². The fraction of sp³-hybridized carbons (Fsp3) is 0.321. The highest BCUT2D eigenvalue weighted by Gasteiger charge is 2.33. The second kappa shape index (κ2) is 11.0. The molecular weight excluding hydrogens is 587 g/mol. The monoisotopic (exact) mass is 612 g/mol. The van der Waals surface area contributed by atoms with E-state index in [1.54, 1.807) is 57.6 Å². The smallest absolute Gasteiger partial charge is 0.278 e. The van der Waals surface area contributed by atoms with Gasteiger partial charge in [0.05, 0.1) is 21.9 Å². The number of halogens is 3. The van der Waals surface area contributed by atoms with Gasteiger partial charge in [-0.1, -0.05) is 22.9 Å². The first-order valence-corrected chi connectivity index (χ1v) is 13.8. The fourth-order valence-corrected chi connectivity index (χ4v) is 5.53. The molecule has 3 heterocycles. The lowest BCUT2D eigenvalue weighted by molar-refractivity contribution is 0.0605. The highest BCUT2D eigenvalue weighted by atomic mass is 79.9. The van der Waals surface area contributed by atoms with Crippen molar-refractivity contribution in [3.8, 4) is 5.69 Å². The Morgan fingerprint density at radius 1 is 1.18 bits per heavy atom. The van der Waals surface area contributed by atoms with Gasteiger partial charge in [-0.2, -0.15) is 5.10 Å². The summed E-state index contributed by atoms with van der Waals surface area (Å²) in [5, 5.41) is 13.8. The van der Waals surface area contributed by atoms with Crippen molar-refractivity contribution in [2.24, 2.45) is 0 Å². The number of nitrogens with zero attached hydrogens (tertiary/aromatic N) is 6. The van der Waals surface area contributed by atoms with Crippen LogP contribution in [0.1, 0.15) is 66.1 Å². The summed E-state index contributed by atoms with van der Waals surface area (Å²) in [4.78, 5) is 28.0. The summed E-state index contributed by atoms with van der Waals surface area (Å²) >= 11 is 9.25. The van der Waals surface area contributed by atoms with E-state index in [1.165, 1.54) is 12.1 Å². The van der Waals surface area contributed by atoms with Gasteiger partial charge in [0, 0.05) is 41.5 Å². The van der Waals surface area contributed by atoms with E-state index in [0.717, 1.165) is 11.3 Å². The van der Waals surface area contributed by atoms with Crippen LogP contribution >= 0.6 is 27.5 Å². The predicted molar refractivity (Wildman–Crippen MR) is 150 cm³/mol. The van der Waals surface area contributed by atoms with Crippen LogP contribution in [0, 0.1) is 12.7 Å². The molecule has 0 saturated carbocycles. The SMILES string of the molecule is Cc1cc(=O)c(C(=O)N2CCC(c3cn([C@@H](C)c4ccc(F)c(Br)c4)nn3)CC2C)nn1-c1ccc(Cl)cc1. The van der Waals surface area contributed by atoms with Gasteiger partial charge in [0.1, 0.15) is 5.82 Å². The normalized spacial score (nSPS) is 18.3. The van der Waals surface area contributed by atoms with Gasteiger partial charge < -0.3 is 4.90 Å². The van der Waals surface area contributed by atoms with E-state index < -0.39 is 5.43 Å². The molecule has 11 heteroatoms. The summed E-state index contributed by atoms with van der Waals surface area (Å²) in [7, 11) is 0. The first kappa shape index (κ1) is 27.2. The van der Waals surface area contributed by atoms with Crippen molar-refractivity contribution in [1.29, 1.82) is 0 Å². The second-order valence-corrected chi connectivity index (χ2v) is 11.2. The number of amides is 1. The van der Waals surface area contributed by atoms with Crippen molar-refractivity contribution in [3.05, 3.63) is 103 Å². The number of aromatic nitrogens is 5. The number of aryl methyl sites for hydroxylation is 1. The predicted octanol–water partition coefficient (Wildman–Crippen LogP) is 5.71. The zero-order valence-electron chi connectivity index (χ0n) is 21.7. The molecular formula is C28H27BrClFN6O2. The van der Waals surface area contributed by atoms with Crippen LogP contribution in [0.5, 0.6) is 0 Å². The maximum atomic E-state index is 13.7. The Morgan fingerprint density at radius 3 is 2.62 bits per heavy atom. The molecule has 2 aromatic heterocycles. The Kier molecular flexibility index (Phi) is 7.68. The molecule has 1 aliphatic heterocycles. The molecule has 39 heavy (non-hydrogen) atoms. The highest BCUT2D eigenvalue weighted by molar-refractivity contribution is 9.10. The minimum atomic E-state index is -0.401.